The van der Waals surface area contributed by atoms with Gasteiger partial charge in [0.2, 0.25) is 0 Å². The number of aromatic nitrogens is 1. The van der Waals surface area contributed by atoms with Crippen molar-refractivity contribution in [2.24, 2.45) is 0 Å². The van der Waals surface area contributed by atoms with E-state index in [2.05, 4.69) is 37.2 Å². The van der Waals surface area contributed by atoms with E-state index in [0.29, 0.717) is 6.04 Å². The fraction of sp³-hybridized carbons (Fsp3) is 0.353. The molecule has 1 aliphatic rings. The third-order valence-electron chi connectivity index (χ3n) is 4.22. The summed E-state index contributed by atoms with van der Waals surface area (Å²) in [6.07, 6.45) is 3.91. The second kappa shape index (κ2) is 7.72. The summed E-state index contributed by atoms with van der Waals surface area (Å²) in [4.78, 5) is 17.2. The highest BCUT2D eigenvalue weighted by atomic mass is 79.9. The van der Waals surface area contributed by atoms with Crippen LogP contribution in [-0.2, 0) is 6.54 Å². The van der Waals surface area contributed by atoms with Crippen molar-refractivity contribution in [3.8, 4) is 0 Å². The van der Waals surface area contributed by atoms with Crippen molar-refractivity contribution < 1.29 is 4.92 Å². The average molecular weight is 391 g/mol. The van der Waals surface area contributed by atoms with Crippen LogP contribution in [0.1, 0.15) is 18.5 Å². The summed E-state index contributed by atoms with van der Waals surface area (Å²) in [6, 6.07) is 11.2. The average Bonchev–Trinajstić information content (AvgIpc) is 2.59. The van der Waals surface area contributed by atoms with Crippen molar-refractivity contribution in [2.75, 3.05) is 18.4 Å². The van der Waals surface area contributed by atoms with Gasteiger partial charge in [-0.05, 0) is 47.0 Å². The Balaban J connectivity index is 1.53. The van der Waals surface area contributed by atoms with Crippen LogP contribution >= 0.6 is 15.9 Å². The lowest BCUT2D eigenvalue weighted by atomic mass is 10.0. The van der Waals surface area contributed by atoms with Crippen molar-refractivity contribution in [3.05, 3.63) is 62.9 Å². The van der Waals surface area contributed by atoms with Gasteiger partial charge in [0.15, 0.2) is 0 Å². The molecule has 1 saturated heterocycles. The SMILES string of the molecule is O=[N+]([O-])c1ccc(NC2CCN(Cc3ccccn3)CC2)c(Br)c1. The smallest absolute Gasteiger partial charge is 0.270 e. The molecule has 1 aromatic heterocycles. The van der Waals surface area contributed by atoms with Crippen LogP contribution in [0, 0.1) is 10.1 Å². The lowest BCUT2D eigenvalue weighted by Gasteiger charge is -2.32. The molecule has 6 nitrogen and oxygen atoms in total. The van der Waals surface area contributed by atoms with Gasteiger partial charge in [-0.1, -0.05) is 6.07 Å². The van der Waals surface area contributed by atoms with E-state index in [1.807, 2.05) is 18.3 Å². The first kappa shape index (κ1) is 16.9. The van der Waals surface area contributed by atoms with Crippen molar-refractivity contribution in [1.29, 1.82) is 0 Å². The number of anilines is 1. The fourth-order valence-corrected chi connectivity index (χ4v) is 3.39. The molecule has 126 valence electrons. The number of nitrogens with zero attached hydrogens (tertiary/aromatic N) is 3. The van der Waals surface area contributed by atoms with Crippen molar-refractivity contribution in [2.45, 2.75) is 25.4 Å². The molecule has 1 aliphatic heterocycles. The molecule has 0 bridgehead atoms. The number of benzene rings is 1. The van der Waals surface area contributed by atoms with Crippen LogP contribution < -0.4 is 5.32 Å². The minimum atomic E-state index is -0.384. The molecule has 1 aromatic carbocycles. The molecule has 7 heteroatoms. The molecule has 0 atom stereocenters. The first-order valence-electron chi connectivity index (χ1n) is 7.94. The zero-order valence-electron chi connectivity index (χ0n) is 13.2. The van der Waals surface area contributed by atoms with E-state index in [4.69, 9.17) is 0 Å². The Morgan fingerprint density at radius 2 is 2.08 bits per heavy atom. The van der Waals surface area contributed by atoms with Crippen molar-refractivity contribution in [3.63, 3.8) is 0 Å². The van der Waals surface area contributed by atoms with E-state index in [-0.39, 0.29) is 10.6 Å². The van der Waals surface area contributed by atoms with Gasteiger partial charge >= 0.3 is 0 Å². The third kappa shape index (κ3) is 4.30. The molecule has 2 heterocycles. The van der Waals surface area contributed by atoms with Crippen molar-refractivity contribution in [1.82, 2.24) is 9.88 Å². The number of piperidine rings is 1. The maximum absolute atomic E-state index is 10.8. The Labute approximate surface area is 149 Å². The summed E-state index contributed by atoms with van der Waals surface area (Å²) in [6.45, 7) is 2.91. The van der Waals surface area contributed by atoms with Gasteiger partial charge in [0, 0.05) is 54.2 Å². The van der Waals surface area contributed by atoms with E-state index in [0.717, 1.165) is 48.3 Å². The first-order chi connectivity index (χ1) is 11.6. The number of nitro benzene ring substituents is 1. The summed E-state index contributed by atoms with van der Waals surface area (Å²) in [5.74, 6) is 0. The van der Waals surface area contributed by atoms with Gasteiger partial charge in [-0.15, -0.1) is 0 Å². The highest BCUT2D eigenvalue weighted by molar-refractivity contribution is 9.10. The van der Waals surface area contributed by atoms with Gasteiger partial charge in [-0.2, -0.15) is 0 Å². The number of hydrogen-bond donors (Lipinski definition) is 1. The topological polar surface area (TPSA) is 71.3 Å². The Morgan fingerprint density at radius 1 is 1.29 bits per heavy atom. The number of nitro groups is 1. The minimum absolute atomic E-state index is 0.0950. The lowest BCUT2D eigenvalue weighted by molar-refractivity contribution is -0.384. The number of non-ortho nitro benzene ring substituents is 1. The number of pyridine rings is 1. The fourth-order valence-electron chi connectivity index (χ4n) is 2.91. The van der Waals surface area contributed by atoms with Crippen LogP contribution in [0.25, 0.3) is 0 Å². The minimum Gasteiger partial charge on any atom is -0.381 e. The highest BCUT2D eigenvalue weighted by Crippen LogP contribution is 2.29. The molecular weight excluding hydrogens is 372 g/mol. The van der Waals surface area contributed by atoms with Crippen LogP contribution in [0.2, 0.25) is 0 Å². The molecule has 0 spiro atoms. The van der Waals surface area contributed by atoms with Crippen LogP contribution in [0.5, 0.6) is 0 Å². The van der Waals surface area contributed by atoms with Crippen LogP contribution in [0.4, 0.5) is 11.4 Å². The maximum atomic E-state index is 10.8. The number of hydrogen-bond acceptors (Lipinski definition) is 5. The molecule has 1 fully saturated rings. The Kier molecular flexibility index (Phi) is 5.42. The zero-order chi connectivity index (χ0) is 16.9. The molecule has 0 radical (unpaired) electrons. The number of rotatable bonds is 5. The quantitative estimate of drug-likeness (QED) is 0.620. The van der Waals surface area contributed by atoms with Crippen molar-refractivity contribution >= 4 is 27.3 Å². The summed E-state index contributed by atoms with van der Waals surface area (Å²) >= 11 is 3.41. The van der Waals surface area contributed by atoms with E-state index < -0.39 is 0 Å². The van der Waals surface area contributed by atoms with Gasteiger partial charge in [0.25, 0.3) is 5.69 Å². The largest absolute Gasteiger partial charge is 0.381 e. The maximum Gasteiger partial charge on any atom is 0.270 e. The summed E-state index contributed by atoms with van der Waals surface area (Å²) < 4.78 is 0.729. The summed E-state index contributed by atoms with van der Waals surface area (Å²) in [7, 11) is 0. The molecular formula is C17H19BrN4O2. The summed E-state index contributed by atoms with van der Waals surface area (Å²) in [5.41, 5.74) is 2.10. The predicted molar refractivity (Wildman–Crippen MR) is 97.0 cm³/mol. The Morgan fingerprint density at radius 3 is 2.71 bits per heavy atom. The second-order valence-corrected chi connectivity index (χ2v) is 6.79. The lowest BCUT2D eigenvalue weighted by Crippen LogP contribution is -2.38. The Bertz CT molecular complexity index is 703. The first-order valence-corrected chi connectivity index (χ1v) is 8.74. The van der Waals surface area contributed by atoms with E-state index in [1.54, 1.807) is 12.1 Å². The normalized spacial score (nSPS) is 16.0. The standard InChI is InChI=1S/C17H19BrN4O2/c18-16-11-15(22(23)24)4-5-17(16)20-13-6-9-21(10-7-13)12-14-3-1-2-8-19-14/h1-5,8,11,13,20H,6-7,9-10,12H2. The number of nitrogens with one attached hydrogen (secondary N) is 1. The molecule has 1 N–H and O–H groups in total. The molecule has 0 amide bonds. The molecule has 24 heavy (non-hydrogen) atoms. The monoisotopic (exact) mass is 390 g/mol. The van der Waals surface area contributed by atoms with Gasteiger partial charge < -0.3 is 5.32 Å². The highest BCUT2D eigenvalue weighted by Gasteiger charge is 2.20. The number of likely N-dealkylation sites (tertiary alicyclic amines) is 1. The molecule has 0 unspecified atom stereocenters. The van der Waals surface area contributed by atoms with Gasteiger partial charge in [-0.25, -0.2) is 0 Å². The van der Waals surface area contributed by atoms with Crippen LogP contribution in [-0.4, -0.2) is 33.9 Å². The van der Waals surface area contributed by atoms with Gasteiger partial charge in [-0.3, -0.25) is 20.0 Å². The molecule has 0 saturated carbocycles. The van der Waals surface area contributed by atoms with Gasteiger partial charge in [0.05, 0.1) is 10.6 Å². The third-order valence-corrected chi connectivity index (χ3v) is 4.88. The van der Waals surface area contributed by atoms with Crippen LogP contribution in [0.3, 0.4) is 0 Å². The second-order valence-electron chi connectivity index (χ2n) is 5.94. The molecule has 2 aromatic rings. The van der Waals surface area contributed by atoms with Crippen LogP contribution in [0.15, 0.2) is 47.1 Å². The van der Waals surface area contributed by atoms with E-state index >= 15 is 0 Å². The van der Waals surface area contributed by atoms with E-state index in [9.17, 15) is 10.1 Å². The molecule has 0 aliphatic carbocycles. The zero-order valence-corrected chi connectivity index (χ0v) is 14.8. The molecule has 3 rings (SSSR count). The Hall–Kier alpha value is -1.99. The van der Waals surface area contributed by atoms with E-state index in [1.165, 1.54) is 6.07 Å². The number of halogens is 1. The predicted octanol–water partition coefficient (Wildman–Crippen LogP) is 3.83. The van der Waals surface area contributed by atoms with Gasteiger partial charge in [0.1, 0.15) is 0 Å². The summed E-state index contributed by atoms with van der Waals surface area (Å²) in [5, 5.41) is 14.3.